The number of primary amides is 1. The van der Waals surface area contributed by atoms with Gasteiger partial charge < -0.3 is 10.5 Å². The highest BCUT2D eigenvalue weighted by Gasteiger charge is 2.48. The van der Waals surface area contributed by atoms with Gasteiger partial charge in [-0.1, -0.05) is 12.2 Å². The SMILES string of the molecule is C/C=C/CCC(=O)[C@H]1O[C@H]1C(N)=O. The van der Waals surface area contributed by atoms with Crippen LogP contribution in [0, 0.1) is 0 Å². The maximum Gasteiger partial charge on any atom is 0.249 e. The summed E-state index contributed by atoms with van der Waals surface area (Å²) >= 11 is 0. The summed E-state index contributed by atoms with van der Waals surface area (Å²) in [7, 11) is 0. The topological polar surface area (TPSA) is 72.7 Å². The standard InChI is InChI=1S/C9H13NO3/c1-2-3-4-5-6(11)7-8(13-7)9(10)12/h2-3,7-8H,4-5H2,1H3,(H2,10,12)/b3-2+/t7-,8-/m1/s1. The molecule has 0 radical (unpaired) electrons. The molecule has 72 valence electrons. The first-order valence-corrected chi connectivity index (χ1v) is 4.25. The zero-order valence-corrected chi connectivity index (χ0v) is 7.53. The molecule has 0 aliphatic carbocycles. The second-order valence-corrected chi connectivity index (χ2v) is 2.95. The smallest absolute Gasteiger partial charge is 0.249 e. The van der Waals surface area contributed by atoms with Gasteiger partial charge in [0.05, 0.1) is 0 Å². The molecule has 1 amide bonds. The van der Waals surface area contributed by atoms with Crippen molar-refractivity contribution >= 4 is 11.7 Å². The maximum atomic E-state index is 11.2. The van der Waals surface area contributed by atoms with E-state index in [0.29, 0.717) is 12.8 Å². The zero-order chi connectivity index (χ0) is 9.84. The fourth-order valence-electron chi connectivity index (χ4n) is 1.11. The first-order chi connectivity index (χ1) is 6.16. The molecule has 2 atom stereocenters. The van der Waals surface area contributed by atoms with Crippen molar-refractivity contribution in [1.82, 2.24) is 0 Å². The monoisotopic (exact) mass is 183 g/mol. The number of hydrogen-bond acceptors (Lipinski definition) is 3. The molecule has 0 aromatic rings. The Balaban J connectivity index is 2.23. The van der Waals surface area contributed by atoms with E-state index in [1.54, 1.807) is 0 Å². The van der Waals surface area contributed by atoms with E-state index in [1.807, 2.05) is 19.1 Å². The van der Waals surface area contributed by atoms with Gasteiger partial charge >= 0.3 is 0 Å². The third kappa shape index (κ3) is 2.66. The fourth-order valence-corrected chi connectivity index (χ4v) is 1.11. The number of Topliss-reactive ketones (excluding diaryl/α,β-unsaturated/α-hetero) is 1. The lowest BCUT2D eigenvalue weighted by atomic mass is 10.1. The van der Waals surface area contributed by atoms with Crippen LogP contribution in [0.15, 0.2) is 12.2 Å². The van der Waals surface area contributed by atoms with E-state index >= 15 is 0 Å². The molecule has 1 heterocycles. The number of amides is 1. The van der Waals surface area contributed by atoms with Gasteiger partial charge in [0.2, 0.25) is 5.91 Å². The van der Waals surface area contributed by atoms with E-state index in [4.69, 9.17) is 10.5 Å². The Morgan fingerprint density at radius 1 is 1.46 bits per heavy atom. The van der Waals surface area contributed by atoms with Crippen LogP contribution in [0.4, 0.5) is 0 Å². The van der Waals surface area contributed by atoms with E-state index in [0.717, 1.165) is 0 Å². The molecule has 0 spiro atoms. The van der Waals surface area contributed by atoms with Gasteiger partial charge in [0.15, 0.2) is 18.0 Å². The Bertz CT molecular complexity index is 247. The molecule has 1 aliphatic heterocycles. The summed E-state index contributed by atoms with van der Waals surface area (Å²) in [4.78, 5) is 21.8. The van der Waals surface area contributed by atoms with Crippen LogP contribution in [-0.4, -0.2) is 23.9 Å². The molecule has 1 fully saturated rings. The molecule has 0 unspecified atom stereocenters. The number of rotatable bonds is 5. The van der Waals surface area contributed by atoms with E-state index in [1.165, 1.54) is 0 Å². The maximum absolute atomic E-state index is 11.2. The van der Waals surface area contributed by atoms with E-state index in [-0.39, 0.29) is 5.78 Å². The van der Waals surface area contributed by atoms with Crippen LogP contribution in [0.3, 0.4) is 0 Å². The first kappa shape index (κ1) is 9.92. The molecule has 1 rings (SSSR count). The predicted octanol–water partition coefficient (Wildman–Crippen LogP) is 0.164. The lowest BCUT2D eigenvalue weighted by Crippen LogP contribution is -2.22. The van der Waals surface area contributed by atoms with Gasteiger partial charge in [-0.2, -0.15) is 0 Å². The highest BCUT2D eigenvalue weighted by atomic mass is 16.6. The number of carbonyl (C=O) groups is 2. The van der Waals surface area contributed by atoms with Crippen LogP contribution >= 0.6 is 0 Å². The number of epoxide rings is 1. The second-order valence-electron chi connectivity index (χ2n) is 2.95. The Morgan fingerprint density at radius 2 is 2.15 bits per heavy atom. The van der Waals surface area contributed by atoms with Crippen LogP contribution in [0.1, 0.15) is 19.8 Å². The normalized spacial score (nSPS) is 26.2. The summed E-state index contributed by atoms with van der Waals surface area (Å²) in [5, 5.41) is 0. The quantitative estimate of drug-likeness (QED) is 0.487. The largest absolute Gasteiger partial charge is 0.367 e. The number of ether oxygens (including phenoxy) is 1. The molecule has 0 aromatic carbocycles. The van der Waals surface area contributed by atoms with Gasteiger partial charge in [-0.05, 0) is 13.3 Å². The molecule has 0 bridgehead atoms. The van der Waals surface area contributed by atoms with Crippen LogP contribution in [-0.2, 0) is 14.3 Å². The van der Waals surface area contributed by atoms with Crippen molar-refractivity contribution in [3.05, 3.63) is 12.2 Å². The van der Waals surface area contributed by atoms with Crippen LogP contribution < -0.4 is 5.73 Å². The van der Waals surface area contributed by atoms with Gasteiger partial charge in [-0.25, -0.2) is 0 Å². The average molecular weight is 183 g/mol. The van der Waals surface area contributed by atoms with Crippen molar-refractivity contribution in [3.8, 4) is 0 Å². The molecule has 13 heavy (non-hydrogen) atoms. The van der Waals surface area contributed by atoms with Crippen molar-refractivity contribution in [2.45, 2.75) is 32.0 Å². The minimum Gasteiger partial charge on any atom is -0.367 e. The summed E-state index contributed by atoms with van der Waals surface area (Å²) in [6.07, 6.45) is 3.66. The summed E-state index contributed by atoms with van der Waals surface area (Å²) in [6, 6.07) is 0. The molecule has 2 N–H and O–H groups in total. The average Bonchev–Trinajstić information content (AvgIpc) is 2.83. The molecular formula is C9H13NO3. The third-order valence-corrected chi connectivity index (χ3v) is 1.88. The van der Waals surface area contributed by atoms with E-state index in [2.05, 4.69) is 0 Å². The van der Waals surface area contributed by atoms with Gasteiger partial charge in [-0.15, -0.1) is 0 Å². The molecule has 0 saturated carbocycles. The van der Waals surface area contributed by atoms with Gasteiger partial charge in [0.1, 0.15) is 0 Å². The number of allylic oxidation sites excluding steroid dienone is 2. The van der Waals surface area contributed by atoms with E-state index in [9.17, 15) is 9.59 Å². The van der Waals surface area contributed by atoms with Crippen molar-refractivity contribution < 1.29 is 14.3 Å². The number of ketones is 1. The van der Waals surface area contributed by atoms with Gasteiger partial charge in [0.25, 0.3) is 0 Å². The molecule has 4 nitrogen and oxygen atoms in total. The Hall–Kier alpha value is -1.16. The van der Waals surface area contributed by atoms with Crippen molar-refractivity contribution in [1.29, 1.82) is 0 Å². The highest BCUT2D eigenvalue weighted by molar-refractivity contribution is 5.95. The van der Waals surface area contributed by atoms with Crippen LogP contribution in [0.2, 0.25) is 0 Å². The second kappa shape index (κ2) is 4.18. The summed E-state index contributed by atoms with van der Waals surface area (Å²) in [5.41, 5.74) is 4.95. The van der Waals surface area contributed by atoms with Crippen LogP contribution in [0.25, 0.3) is 0 Å². The van der Waals surface area contributed by atoms with Crippen molar-refractivity contribution in [3.63, 3.8) is 0 Å². The molecule has 1 saturated heterocycles. The highest BCUT2D eigenvalue weighted by Crippen LogP contribution is 2.23. The van der Waals surface area contributed by atoms with Crippen LogP contribution in [0.5, 0.6) is 0 Å². The van der Waals surface area contributed by atoms with Gasteiger partial charge in [0, 0.05) is 6.42 Å². The number of carbonyl (C=O) groups excluding carboxylic acids is 2. The minimum atomic E-state index is -0.668. The molecule has 1 aliphatic rings. The number of hydrogen-bond donors (Lipinski definition) is 1. The molecule has 0 aromatic heterocycles. The third-order valence-electron chi connectivity index (χ3n) is 1.88. The first-order valence-electron chi connectivity index (χ1n) is 4.25. The summed E-state index contributed by atoms with van der Waals surface area (Å²) < 4.78 is 4.82. The minimum absolute atomic E-state index is 0.0399. The summed E-state index contributed by atoms with van der Waals surface area (Å²) in [5.74, 6) is -0.591. The molecule has 4 heteroatoms. The molecular weight excluding hydrogens is 170 g/mol. The van der Waals surface area contributed by atoms with Crippen molar-refractivity contribution in [2.75, 3.05) is 0 Å². The lowest BCUT2D eigenvalue weighted by molar-refractivity contribution is -0.121. The lowest BCUT2D eigenvalue weighted by Gasteiger charge is -1.91. The Kier molecular flexibility index (Phi) is 3.19. The number of nitrogens with two attached hydrogens (primary N) is 1. The Morgan fingerprint density at radius 3 is 2.62 bits per heavy atom. The Labute approximate surface area is 76.7 Å². The predicted molar refractivity (Wildman–Crippen MR) is 46.9 cm³/mol. The van der Waals surface area contributed by atoms with Crippen molar-refractivity contribution in [2.24, 2.45) is 5.73 Å². The summed E-state index contributed by atoms with van der Waals surface area (Å²) in [6.45, 7) is 1.89. The fraction of sp³-hybridized carbons (Fsp3) is 0.556. The van der Waals surface area contributed by atoms with Gasteiger partial charge in [-0.3, -0.25) is 9.59 Å². The zero-order valence-electron chi connectivity index (χ0n) is 7.53. The van der Waals surface area contributed by atoms with E-state index < -0.39 is 18.1 Å².